The normalized spacial score (nSPS) is 10.1. The molecule has 1 aromatic heterocycles. The first kappa shape index (κ1) is 12.0. The van der Waals surface area contributed by atoms with Crippen molar-refractivity contribution in [3.8, 4) is 0 Å². The summed E-state index contributed by atoms with van der Waals surface area (Å²) in [5, 5.41) is 0. The van der Waals surface area contributed by atoms with Gasteiger partial charge in [0.15, 0.2) is 0 Å². The maximum Gasteiger partial charge on any atom is 0.258 e. The van der Waals surface area contributed by atoms with E-state index in [0.717, 1.165) is 0 Å². The van der Waals surface area contributed by atoms with E-state index in [1.807, 2.05) is 0 Å². The van der Waals surface area contributed by atoms with Gasteiger partial charge in [-0.15, -0.1) is 0 Å². The predicted molar refractivity (Wildman–Crippen MR) is 67.8 cm³/mol. The van der Waals surface area contributed by atoms with Crippen molar-refractivity contribution >= 4 is 17.4 Å². The number of carbonyl (C=O) groups excluding carboxylic acids is 1. The highest BCUT2D eigenvalue weighted by atomic mass is 19.1. The molecule has 18 heavy (non-hydrogen) atoms. The van der Waals surface area contributed by atoms with Crippen LogP contribution in [0.3, 0.4) is 0 Å². The van der Waals surface area contributed by atoms with Gasteiger partial charge in [-0.3, -0.25) is 4.79 Å². The van der Waals surface area contributed by atoms with E-state index in [4.69, 9.17) is 5.73 Å². The van der Waals surface area contributed by atoms with Crippen LogP contribution < -0.4 is 10.6 Å². The highest BCUT2D eigenvalue weighted by Crippen LogP contribution is 2.15. The fraction of sp³-hybridized carbons (Fsp3) is 0.0769. The van der Waals surface area contributed by atoms with Gasteiger partial charge < -0.3 is 10.6 Å². The lowest BCUT2D eigenvalue weighted by atomic mass is 10.2. The van der Waals surface area contributed by atoms with Gasteiger partial charge in [0.1, 0.15) is 11.6 Å². The molecule has 1 aromatic carbocycles. The Morgan fingerprint density at radius 3 is 2.44 bits per heavy atom. The van der Waals surface area contributed by atoms with Crippen LogP contribution in [0, 0.1) is 5.82 Å². The van der Waals surface area contributed by atoms with Gasteiger partial charge in [-0.1, -0.05) is 0 Å². The number of anilines is 2. The Balaban J connectivity index is 2.23. The predicted octanol–water partition coefficient (Wildman–Crippen LogP) is 2.08. The van der Waals surface area contributed by atoms with Crippen molar-refractivity contribution in [1.29, 1.82) is 0 Å². The van der Waals surface area contributed by atoms with Gasteiger partial charge in [-0.05, 0) is 36.4 Å². The zero-order valence-electron chi connectivity index (χ0n) is 9.80. The number of aromatic nitrogens is 1. The van der Waals surface area contributed by atoms with Gasteiger partial charge in [0.05, 0.1) is 11.9 Å². The Morgan fingerprint density at radius 2 is 1.89 bits per heavy atom. The van der Waals surface area contributed by atoms with Crippen molar-refractivity contribution in [2.45, 2.75) is 0 Å². The van der Waals surface area contributed by atoms with Crippen molar-refractivity contribution < 1.29 is 9.18 Å². The summed E-state index contributed by atoms with van der Waals surface area (Å²) in [5.74, 6) is -0.216. The third-order valence-corrected chi connectivity index (χ3v) is 2.55. The lowest BCUT2D eigenvalue weighted by molar-refractivity contribution is 0.0993. The number of pyridine rings is 1. The Kier molecular flexibility index (Phi) is 3.23. The van der Waals surface area contributed by atoms with E-state index >= 15 is 0 Å². The Labute approximate surface area is 104 Å². The summed E-state index contributed by atoms with van der Waals surface area (Å²) in [6.07, 6.45) is 1.51. The Bertz CT molecular complexity index is 551. The molecule has 4 nitrogen and oxygen atoms in total. The minimum Gasteiger partial charge on any atom is -0.384 e. The number of nitrogens with zero attached hydrogens (tertiary/aromatic N) is 2. The second kappa shape index (κ2) is 4.83. The number of carbonyl (C=O) groups is 1. The van der Waals surface area contributed by atoms with Crippen molar-refractivity contribution in [1.82, 2.24) is 4.98 Å². The third-order valence-electron chi connectivity index (χ3n) is 2.55. The molecule has 0 radical (unpaired) electrons. The minimum absolute atomic E-state index is 0.235. The van der Waals surface area contributed by atoms with E-state index in [1.54, 1.807) is 19.2 Å². The maximum absolute atomic E-state index is 12.8. The highest BCUT2D eigenvalue weighted by Gasteiger charge is 2.13. The summed E-state index contributed by atoms with van der Waals surface area (Å²) >= 11 is 0. The molecule has 0 aliphatic carbocycles. The summed E-state index contributed by atoms with van der Waals surface area (Å²) in [6, 6.07) is 8.70. The van der Waals surface area contributed by atoms with Crippen molar-refractivity contribution in [2.75, 3.05) is 17.7 Å². The number of nitrogens with two attached hydrogens (primary N) is 1. The zero-order chi connectivity index (χ0) is 13.1. The average molecular weight is 245 g/mol. The molecule has 1 amide bonds. The number of rotatable bonds is 2. The molecule has 0 fully saturated rings. The summed E-state index contributed by atoms with van der Waals surface area (Å²) in [7, 11) is 1.62. The van der Waals surface area contributed by atoms with E-state index in [-0.39, 0.29) is 11.7 Å². The van der Waals surface area contributed by atoms with Gasteiger partial charge in [-0.2, -0.15) is 0 Å². The minimum atomic E-state index is -0.372. The monoisotopic (exact) mass is 245 g/mol. The molecule has 5 heteroatoms. The smallest absolute Gasteiger partial charge is 0.258 e. The largest absolute Gasteiger partial charge is 0.384 e. The van der Waals surface area contributed by atoms with Crippen LogP contribution in [0.2, 0.25) is 0 Å². The topological polar surface area (TPSA) is 59.2 Å². The highest BCUT2D eigenvalue weighted by molar-refractivity contribution is 6.05. The molecular weight excluding hydrogens is 233 g/mol. The van der Waals surface area contributed by atoms with Gasteiger partial charge in [0.2, 0.25) is 0 Å². The van der Waals surface area contributed by atoms with Crippen molar-refractivity contribution in [3.63, 3.8) is 0 Å². The SMILES string of the molecule is CN(C(=O)c1ccc(F)cc1)c1ccc(N)nc1. The van der Waals surface area contributed by atoms with E-state index in [9.17, 15) is 9.18 Å². The van der Waals surface area contributed by atoms with Crippen molar-refractivity contribution in [3.05, 3.63) is 54.0 Å². The molecule has 2 N–H and O–H groups in total. The maximum atomic E-state index is 12.8. The summed E-state index contributed by atoms with van der Waals surface area (Å²) < 4.78 is 12.8. The van der Waals surface area contributed by atoms with Crippen LogP contribution in [0.1, 0.15) is 10.4 Å². The fourth-order valence-electron chi connectivity index (χ4n) is 1.50. The van der Waals surface area contributed by atoms with Gasteiger partial charge in [0.25, 0.3) is 5.91 Å². The molecule has 92 valence electrons. The number of nitrogen functional groups attached to an aromatic ring is 1. The first-order valence-corrected chi connectivity index (χ1v) is 5.33. The summed E-state index contributed by atoms with van der Waals surface area (Å²) in [5.41, 5.74) is 6.51. The molecule has 1 heterocycles. The molecule has 0 bridgehead atoms. The van der Waals surface area contributed by atoms with E-state index in [0.29, 0.717) is 17.1 Å². The lowest BCUT2D eigenvalue weighted by Gasteiger charge is -2.16. The van der Waals surface area contributed by atoms with E-state index in [1.165, 1.54) is 35.4 Å². The summed E-state index contributed by atoms with van der Waals surface area (Å²) in [6.45, 7) is 0. The van der Waals surface area contributed by atoms with E-state index < -0.39 is 0 Å². The molecular formula is C13H12FN3O. The molecule has 0 saturated heterocycles. The lowest BCUT2D eigenvalue weighted by Crippen LogP contribution is -2.26. The number of hydrogen-bond acceptors (Lipinski definition) is 3. The average Bonchev–Trinajstić information content (AvgIpc) is 2.39. The molecule has 0 saturated carbocycles. The first-order valence-electron chi connectivity index (χ1n) is 5.33. The fourth-order valence-corrected chi connectivity index (χ4v) is 1.50. The molecule has 2 rings (SSSR count). The molecule has 0 spiro atoms. The standard InChI is InChI=1S/C13H12FN3O/c1-17(11-6-7-12(15)16-8-11)13(18)9-2-4-10(14)5-3-9/h2-8H,1H3,(H2,15,16). The van der Waals surface area contributed by atoms with Gasteiger partial charge in [0, 0.05) is 12.6 Å². The second-order valence-corrected chi connectivity index (χ2v) is 3.81. The number of hydrogen-bond donors (Lipinski definition) is 1. The van der Waals surface area contributed by atoms with Gasteiger partial charge in [-0.25, -0.2) is 9.37 Å². The molecule has 0 aliphatic heterocycles. The quantitative estimate of drug-likeness (QED) is 0.881. The molecule has 2 aromatic rings. The molecule has 0 aliphatic rings. The summed E-state index contributed by atoms with van der Waals surface area (Å²) in [4.78, 5) is 17.4. The number of halogens is 1. The van der Waals surface area contributed by atoms with Crippen LogP contribution >= 0.6 is 0 Å². The van der Waals surface area contributed by atoms with Crippen molar-refractivity contribution in [2.24, 2.45) is 0 Å². The van der Waals surface area contributed by atoms with Crippen LogP contribution in [0.4, 0.5) is 15.9 Å². The molecule has 0 unspecified atom stereocenters. The van der Waals surface area contributed by atoms with Crippen LogP contribution in [-0.2, 0) is 0 Å². The number of benzene rings is 1. The zero-order valence-corrected chi connectivity index (χ0v) is 9.80. The first-order chi connectivity index (χ1) is 8.58. The van der Waals surface area contributed by atoms with Crippen LogP contribution in [0.15, 0.2) is 42.6 Å². The molecule has 0 atom stereocenters. The Hall–Kier alpha value is -2.43. The van der Waals surface area contributed by atoms with Crippen LogP contribution in [0.5, 0.6) is 0 Å². The Morgan fingerprint density at radius 1 is 1.22 bits per heavy atom. The van der Waals surface area contributed by atoms with E-state index in [2.05, 4.69) is 4.98 Å². The van der Waals surface area contributed by atoms with Gasteiger partial charge >= 0.3 is 0 Å². The van der Waals surface area contributed by atoms with Crippen LogP contribution in [-0.4, -0.2) is 17.9 Å². The second-order valence-electron chi connectivity index (χ2n) is 3.81. The number of amides is 1. The third kappa shape index (κ3) is 2.45. The van der Waals surface area contributed by atoms with Crippen LogP contribution in [0.25, 0.3) is 0 Å².